The van der Waals surface area contributed by atoms with Crippen LogP contribution in [0.15, 0.2) is 41.5 Å². The number of nitrogens with zero attached hydrogens (tertiary/aromatic N) is 5. The quantitative estimate of drug-likeness (QED) is 0.408. The first-order chi connectivity index (χ1) is 10.1. The maximum absolute atomic E-state index is 12.5. The molecule has 0 saturated heterocycles. The molecular formula is C12H6BrN5O3. The second kappa shape index (κ2) is 5.02. The monoisotopic (exact) mass is 347 g/mol. The maximum Gasteiger partial charge on any atom is 0.326 e. The molecule has 0 N–H and O–H groups in total. The van der Waals surface area contributed by atoms with Gasteiger partial charge in [-0.15, -0.1) is 0 Å². The van der Waals surface area contributed by atoms with Crippen molar-refractivity contribution in [2.75, 3.05) is 0 Å². The summed E-state index contributed by atoms with van der Waals surface area (Å²) in [5.74, 6) is -0.556. The number of hydrogen-bond acceptors (Lipinski definition) is 6. The molecule has 3 aromatic heterocycles. The summed E-state index contributed by atoms with van der Waals surface area (Å²) in [6, 6.07) is 2.90. The van der Waals surface area contributed by atoms with Crippen LogP contribution >= 0.6 is 15.9 Å². The van der Waals surface area contributed by atoms with Crippen molar-refractivity contribution in [1.82, 2.24) is 19.6 Å². The first kappa shape index (κ1) is 13.3. The molecule has 0 aromatic carbocycles. The Morgan fingerprint density at radius 1 is 1.29 bits per heavy atom. The Morgan fingerprint density at radius 2 is 2.05 bits per heavy atom. The topological polar surface area (TPSA) is 103 Å². The fourth-order valence-corrected chi connectivity index (χ4v) is 2.35. The van der Waals surface area contributed by atoms with Gasteiger partial charge < -0.3 is 0 Å². The molecule has 8 nitrogen and oxygen atoms in total. The van der Waals surface area contributed by atoms with Crippen molar-refractivity contribution >= 4 is 32.9 Å². The number of aromatic nitrogens is 4. The van der Waals surface area contributed by atoms with Gasteiger partial charge in [0.25, 0.3) is 0 Å². The SMILES string of the molecule is O=C(c1ccncc1Br)c1nn2cnccc2c1[N+](=O)[O-]. The minimum Gasteiger partial charge on any atom is -0.286 e. The molecule has 3 rings (SSSR count). The zero-order chi connectivity index (χ0) is 15.0. The lowest BCUT2D eigenvalue weighted by Crippen LogP contribution is -2.06. The average molecular weight is 348 g/mol. The van der Waals surface area contributed by atoms with Crippen LogP contribution in [0.5, 0.6) is 0 Å². The fraction of sp³-hybridized carbons (Fsp3) is 0. The third kappa shape index (κ3) is 2.17. The highest BCUT2D eigenvalue weighted by Gasteiger charge is 2.30. The number of carbonyl (C=O) groups is 1. The second-order valence-electron chi connectivity index (χ2n) is 4.05. The van der Waals surface area contributed by atoms with Gasteiger partial charge in [-0.2, -0.15) is 5.10 Å². The van der Waals surface area contributed by atoms with Crippen LogP contribution in [0.1, 0.15) is 16.1 Å². The maximum atomic E-state index is 12.5. The Labute approximate surface area is 125 Å². The number of rotatable bonds is 3. The number of ketones is 1. The second-order valence-corrected chi connectivity index (χ2v) is 4.90. The number of fused-ring (bicyclic) bond motifs is 1. The number of carbonyl (C=O) groups excluding carboxylic acids is 1. The van der Waals surface area contributed by atoms with Crippen LogP contribution in [0, 0.1) is 10.1 Å². The predicted molar refractivity (Wildman–Crippen MR) is 75.0 cm³/mol. The molecule has 0 aliphatic rings. The van der Waals surface area contributed by atoms with Gasteiger partial charge in [0.05, 0.1) is 4.92 Å². The summed E-state index contributed by atoms with van der Waals surface area (Å²) in [5, 5.41) is 15.2. The molecule has 9 heteroatoms. The number of hydrogen-bond donors (Lipinski definition) is 0. The largest absolute Gasteiger partial charge is 0.326 e. The van der Waals surface area contributed by atoms with Crippen molar-refractivity contribution in [3.05, 3.63) is 62.9 Å². The van der Waals surface area contributed by atoms with E-state index >= 15 is 0 Å². The van der Waals surface area contributed by atoms with Crippen LogP contribution < -0.4 is 0 Å². The van der Waals surface area contributed by atoms with Gasteiger partial charge in [0.2, 0.25) is 11.5 Å². The van der Waals surface area contributed by atoms with E-state index < -0.39 is 10.7 Å². The van der Waals surface area contributed by atoms with Crippen molar-refractivity contribution in [3.8, 4) is 0 Å². The Bertz CT molecular complexity index is 876. The molecule has 0 unspecified atom stereocenters. The van der Waals surface area contributed by atoms with Crippen molar-refractivity contribution in [3.63, 3.8) is 0 Å². The van der Waals surface area contributed by atoms with E-state index in [1.165, 1.54) is 41.6 Å². The molecule has 0 aliphatic carbocycles. The molecule has 0 fully saturated rings. The van der Waals surface area contributed by atoms with E-state index in [1.807, 2.05) is 0 Å². The van der Waals surface area contributed by atoms with Gasteiger partial charge in [-0.05, 0) is 28.1 Å². The van der Waals surface area contributed by atoms with Crippen molar-refractivity contribution < 1.29 is 9.72 Å². The number of pyridine rings is 1. The first-order valence-corrected chi connectivity index (χ1v) is 6.50. The summed E-state index contributed by atoms with van der Waals surface area (Å²) < 4.78 is 1.65. The fourth-order valence-electron chi connectivity index (χ4n) is 1.92. The highest BCUT2D eigenvalue weighted by atomic mass is 79.9. The minimum absolute atomic E-state index is 0.212. The van der Waals surface area contributed by atoms with Gasteiger partial charge in [0.15, 0.2) is 0 Å². The zero-order valence-corrected chi connectivity index (χ0v) is 11.9. The molecule has 0 radical (unpaired) electrons. The molecule has 104 valence electrons. The Balaban J connectivity index is 2.25. The van der Waals surface area contributed by atoms with Gasteiger partial charge in [-0.25, -0.2) is 9.50 Å². The van der Waals surface area contributed by atoms with Crippen LogP contribution in [0.25, 0.3) is 5.52 Å². The van der Waals surface area contributed by atoms with Crippen LogP contribution in [-0.4, -0.2) is 30.3 Å². The highest BCUT2D eigenvalue weighted by Crippen LogP contribution is 2.27. The summed E-state index contributed by atoms with van der Waals surface area (Å²) in [6.07, 6.45) is 5.58. The van der Waals surface area contributed by atoms with Gasteiger partial charge in [0, 0.05) is 28.6 Å². The van der Waals surface area contributed by atoms with E-state index in [4.69, 9.17) is 0 Å². The molecule has 0 bridgehead atoms. The van der Waals surface area contributed by atoms with Gasteiger partial charge in [-0.3, -0.25) is 19.9 Å². The first-order valence-electron chi connectivity index (χ1n) is 5.70. The van der Waals surface area contributed by atoms with E-state index in [2.05, 4.69) is 31.0 Å². The molecule has 0 saturated carbocycles. The average Bonchev–Trinajstić information content (AvgIpc) is 2.86. The lowest BCUT2D eigenvalue weighted by atomic mass is 10.1. The predicted octanol–water partition coefficient (Wildman–Crippen LogP) is 2.03. The molecule has 3 heterocycles. The van der Waals surface area contributed by atoms with Gasteiger partial charge in [-0.1, -0.05) is 0 Å². The Hall–Kier alpha value is -2.68. The van der Waals surface area contributed by atoms with E-state index in [-0.39, 0.29) is 22.5 Å². The van der Waals surface area contributed by atoms with E-state index in [0.717, 1.165) is 0 Å². The molecule has 3 aromatic rings. The zero-order valence-electron chi connectivity index (χ0n) is 10.3. The van der Waals surface area contributed by atoms with Crippen LogP contribution in [-0.2, 0) is 0 Å². The summed E-state index contributed by atoms with van der Waals surface area (Å²) in [4.78, 5) is 30.8. The van der Waals surface area contributed by atoms with Gasteiger partial charge >= 0.3 is 5.69 Å². The number of nitro groups is 1. The summed E-state index contributed by atoms with van der Waals surface area (Å²) >= 11 is 3.20. The van der Waals surface area contributed by atoms with Crippen molar-refractivity contribution in [2.24, 2.45) is 0 Å². The van der Waals surface area contributed by atoms with E-state index in [9.17, 15) is 14.9 Å². The Morgan fingerprint density at radius 3 is 2.76 bits per heavy atom. The summed E-state index contributed by atoms with van der Waals surface area (Å²) in [7, 11) is 0. The molecule has 21 heavy (non-hydrogen) atoms. The number of halogens is 1. The van der Waals surface area contributed by atoms with E-state index in [0.29, 0.717) is 4.47 Å². The van der Waals surface area contributed by atoms with Crippen LogP contribution in [0.3, 0.4) is 0 Å². The molecule has 0 aliphatic heterocycles. The molecule has 0 atom stereocenters. The molecular weight excluding hydrogens is 342 g/mol. The Kier molecular flexibility index (Phi) is 3.18. The van der Waals surface area contributed by atoms with Crippen molar-refractivity contribution in [1.29, 1.82) is 0 Å². The van der Waals surface area contributed by atoms with E-state index in [1.54, 1.807) is 0 Å². The molecule has 0 spiro atoms. The van der Waals surface area contributed by atoms with Crippen LogP contribution in [0.4, 0.5) is 5.69 Å². The highest BCUT2D eigenvalue weighted by molar-refractivity contribution is 9.10. The minimum atomic E-state index is -0.620. The van der Waals surface area contributed by atoms with Crippen LogP contribution in [0.2, 0.25) is 0 Å². The van der Waals surface area contributed by atoms with Gasteiger partial charge in [0.1, 0.15) is 11.8 Å². The normalized spacial score (nSPS) is 10.7. The lowest BCUT2D eigenvalue weighted by molar-refractivity contribution is -0.383. The standard InChI is InChI=1S/C12H6BrN5O3/c13-8-5-14-3-1-7(8)12(19)10-11(18(20)21)9-2-4-15-6-17(9)16-10/h1-6H. The smallest absolute Gasteiger partial charge is 0.286 e. The third-order valence-corrected chi connectivity index (χ3v) is 3.46. The summed E-state index contributed by atoms with van der Waals surface area (Å²) in [6.45, 7) is 0. The summed E-state index contributed by atoms with van der Waals surface area (Å²) in [5.41, 5.74) is -0.112. The lowest BCUT2D eigenvalue weighted by Gasteiger charge is -1.99. The molecule has 0 amide bonds. The third-order valence-electron chi connectivity index (χ3n) is 2.83. The van der Waals surface area contributed by atoms with Crippen molar-refractivity contribution in [2.45, 2.75) is 0 Å².